The molecule has 0 spiro atoms. The standard InChI is InChI=1S/C16H19BrF2N2O3/c1-3-24-13(22)5-11(14(18)19)12-4-9(17)8-20-15(12)21-10-6-16(2,23)7-10/h4-5,8,10,14,23H,3,6-7H2,1-2H3,(H,20,21). The van der Waals surface area contributed by atoms with Crippen LogP contribution in [-0.4, -0.2) is 40.7 Å². The zero-order chi connectivity index (χ0) is 17.9. The molecule has 0 atom stereocenters. The molecule has 5 nitrogen and oxygen atoms in total. The minimum atomic E-state index is -2.87. The summed E-state index contributed by atoms with van der Waals surface area (Å²) < 4.78 is 32.2. The fourth-order valence-corrected chi connectivity index (χ4v) is 2.97. The number of pyridine rings is 1. The lowest BCUT2D eigenvalue weighted by Gasteiger charge is -2.41. The molecule has 1 heterocycles. The third-order valence-corrected chi connectivity index (χ3v) is 4.11. The summed E-state index contributed by atoms with van der Waals surface area (Å²) in [4.78, 5) is 15.7. The second kappa shape index (κ2) is 7.57. The average molecular weight is 405 g/mol. The van der Waals surface area contributed by atoms with Gasteiger partial charge in [0.05, 0.1) is 12.2 Å². The number of esters is 1. The highest BCUT2D eigenvalue weighted by molar-refractivity contribution is 9.10. The number of alkyl halides is 2. The number of ether oxygens (including phenoxy) is 1. The summed E-state index contributed by atoms with van der Waals surface area (Å²) in [6.45, 7) is 3.42. The van der Waals surface area contributed by atoms with Crippen LogP contribution in [0.2, 0.25) is 0 Å². The molecular formula is C16H19BrF2N2O3. The van der Waals surface area contributed by atoms with Gasteiger partial charge in [-0.25, -0.2) is 18.6 Å². The van der Waals surface area contributed by atoms with Crippen LogP contribution in [0.15, 0.2) is 22.8 Å². The Kier molecular flexibility index (Phi) is 5.92. The fourth-order valence-electron chi connectivity index (χ4n) is 2.64. The number of allylic oxidation sites excluding steroid dienone is 1. The summed E-state index contributed by atoms with van der Waals surface area (Å²) in [5, 5.41) is 12.8. The normalized spacial score (nSPS) is 23.8. The van der Waals surface area contributed by atoms with Crippen molar-refractivity contribution in [1.82, 2.24) is 4.98 Å². The van der Waals surface area contributed by atoms with Gasteiger partial charge in [-0.3, -0.25) is 0 Å². The Hall–Kier alpha value is -1.54. The van der Waals surface area contributed by atoms with Crippen molar-refractivity contribution >= 4 is 33.3 Å². The van der Waals surface area contributed by atoms with Gasteiger partial charge in [-0.2, -0.15) is 0 Å². The van der Waals surface area contributed by atoms with Crippen molar-refractivity contribution in [1.29, 1.82) is 0 Å². The number of nitrogens with one attached hydrogen (secondary N) is 1. The van der Waals surface area contributed by atoms with Gasteiger partial charge in [0.15, 0.2) is 0 Å². The summed E-state index contributed by atoms with van der Waals surface area (Å²) in [5.41, 5.74) is -1.09. The Morgan fingerprint density at radius 2 is 2.29 bits per heavy atom. The maximum Gasteiger partial charge on any atom is 0.331 e. The van der Waals surface area contributed by atoms with Gasteiger partial charge in [0, 0.05) is 33.9 Å². The zero-order valence-electron chi connectivity index (χ0n) is 13.4. The summed E-state index contributed by atoms with van der Waals surface area (Å²) >= 11 is 3.21. The van der Waals surface area contributed by atoms with E-state index in [-0.39, 0.29) is 24.0 Å². The van der Waals surface area contributed by atoms with Crippen molar-refractivity contribution in [3.8, 4) is 0 Å². The predicted molar refractivity (Wildman–Crippen MR) is 89.8 cm³/mol. The van der Waals surface area contributed by atoms with E-state index < -0.39 is 23.6 Å². The first kappa shape index (κ1) is 18.8. The Morgan fingerprint density at radius 1 is 1.62 bits per heavy atom. The molecule has 132 valence electrons. The molecule has 1 aromatic heterocycles. The van der Waals surface area contributed by atoms with Crippen molar-refractivity contribution in [3.05, 3.63) is 28.4 Å². The molecule has 0 bridgehead atoms. The van der Waals surface area contributed by atoms with E-state index in [1.165, 1.54) is 12.3 Å². The first-order valence-electron chi connectivity index (χ1n) is 7.53. The highest BCUT2D eigenvalue weighted by atomic mass is 79.9. The lowest BCUT2D eigenvalue weighted by Crippen LogP contribution is -2.48. The number of carbonyl (C=O) groups excluding carboxylic acids is 1. The number of hydrogen-bond donors (Lipinski definition) is 2. The topological polar surface area (TPSA) is 71.5 Å². The van der Waals surface area contributed by atoms with Crippen LogP contribution >= 0.6 is 15.9 Å². The molecule has 1 aliphatic rings. The molecule has 1 saturated carbocycles. The first-order valence-corrected chi connectivity index (χ1v) is 8.32. The second-order valence-electron chi connectivity index (χ2n) is 5.95. The first-order chi connectivity index (χ1) is 11.2. The van der Waals surface area contributed by atoms with E-state index in [0.717, 1.165) is 6.08 Å². The average Bonchev–Trinajstić information content (AvgIpc) is 2.45. The van der Waals surface area contributed by atoms with Crippen molar-refractivity contribution in [2.24, 2.45) is 0 Å². The molecule has 0 unspecified atom stereocenters. The monoisotopic (exact) mass is 404 g/mol. The molecule has 0 amide bonds. The predicted octanol–water partition coefficient (Wildman–Crippen LogP) is 3.38. The minimum Gasteiger partial charge on any atom is -0.463 e. The second-order valence-corrected chi connectivity index (χ2v) is 6.86. The van der Waals surface area contributed by atoms with Crippen LogP contribution in [0.5, 0.6) is 0 Å². The molecule has 1 aromatic rings. The van der Waals surface area contributed by atoms with Crippen molar-refractivity contribution < 1.29 is 23.4 Å². The molecule has 0 aliphatic heterocycles. The van der Waals surface area contributed by atoms with Crippen LogP contribution in [0, 0.1) is 0 Å². The van der Waals surface area contributed by atoms with E-state index in [2.05, 4.69) is 26.2 Å². The zero-order valence-corrected chi connectivity index (χ0v) is 14.9. The smallest absolute Gasteiger partial charge is 0.331 e. The van der Waals surface area contributed by atoms with Crippen LogP contribution in [0.1, 0.15) is 32.3 Å². The maximum atomic E-state index is 13.5. The van der Waals surface area contributed by atoms with Gasteiger partial charge in [0.25, 0.3) is 6.43 Å². The molecule has 2 N–H and O–H groups in total. The van der Waals surface area contributed by atoms with Crippen LogP contribution in [0.3, 0.4) is 0 Å². The fraction of sp³-hybridized carbons (Fsp3) is 0.500. The lowest BCUT2D eigenvalue weighted by atomic mass is 9.77. The molecule has 2 rings (SSSR count). The number of anilines is 1. The van der Waals surface area contributed by atoms with Crippen LogP contribution in [0.4, 0.5) is 14.6 Å². The third-order valence-electron chi connectivity index (χ3n) is 3.67. The van der Waals surface area contributed by atoms with Crippen LogP contribution in [0.25, 0.3) is 5.57 Å². The number of rotatable bonds is 6. The van der Waals surface area contributed by atoms with Crippen LogP contribution in [-0.2, 0) is 9.53 Å². The SMILES string of the molecule is CCOC(=O)C=C(c1cc(Br)cnc1NC1CC(C)(O)C1)C(F)F. The molecule has 0 radical (unpaired) electrons. The minimum absolute atomic E-state index is 0.0612. The van der Waals surface area contributed by atoms with Gasteiger partial charge in [-0.05, 0) is 48.7 Å². The van der Waals surface area contributed by atoms with Gasteiger partial charge in [0.2, 0.25) is 0 Å². The quantitative estimate of drug-likeness (QED) is 0.561. The summed E-state index contributed by atoms with van der Waals surface area (Å²) in [5.74, 6) is -0.583. The van der Waals surface area contributed by atoms with Crippen molar-refractivity contribution in [2.45, 2.75) is 44.8 Å². The summed E-state index contributed by atoms with van der Waals surface area (Å²) in [7, 11) is 0. The maximum absolute atomic E-state index is 13.5. The Morgan fingerprint density at radius 3 is 2.83 bits per heavy atom. The molecule has 0 aromatic carbocycles. The number of hydrogen-bond acceptors (Lipinski definition) is 5. The largest absolute Gasteiger partial charge is 0.463 e. The van der Waals surface area contributed by atoms with E-state index in [4.69, 9.17) is 4.74 Å². The number of nitrogens with zero attached hydrogens (tertiary/aromatic N) is 1. The van der Waals surface area contributed by atoms with Crippen LogP contribution < -0.4 is 5.32 Å². The number of halogens is 3. The molecule has 1 fully saturated rings. The third kappa shape index (κ3) is 4.73. The number of aliphatic hydroxyl groups is 1. The van der Waals surface area contributed by atoms with Gasteiger partial charge in [0.1, 0.15) is 5.82 Å². The highest BCUT2D eigenvalue weighted by Crippen LogP contribution is 2.36. The van der Waals surface area contributed by atoms with E-state index in [9.17, 15) is 18.7 Å². The lowest BCUT2D eigenvalue weighted by molar-refractivity contribution is -0.137. The number of aromatic nitrogens is 1. The highest BCUT2D eigenvalue weighted by Gasteiger charge is 2.39. The Labute approximate surface area is 147 Å². The van der Waals surface area contributed by atoms with E-state index in [1.54, 1.807) is 13.8 Å². The van der Waals surface area contributed by atoms with Gasteiger partial charge >= 0.3 is 5.97 Å². The summed E-state index contributed by atoms with van der Waals surface area (Å²) in [6, 6.07) is 1.41. The van der Waals surface area contributed by atoms with Gasteiger partial charge in [-0.15, -0.1) is 0 Å². The Balaban J connectivity index is 2.32. The molecule has 8 heteroatoms. The molecule has 0 saturated heterocycles. The van der Waals surface area contributed by atoms with Crippen molar-refractivity contribution in [3.63, 3.8) is 0 Å². The van der Waals surface area contributed by atoms with E-state index >= 15 is 0 Å². The van der Waals surface area contributed by atoms with E-state index in [1.807, 2.05) is 0 Å². The van der Waals surface area contributed by atoms with Crippen molar-refractivity contribution in [2.75, 3.05) is 11.9 Å². The van der Waals surface area contributed by atoms with E-state index in [0.29, 0.717) is 17.3 Å². The van der Waals surface area contributed by atoms with Gasteiger partial charge in [-0.1, -0.05) is 0 Å². The molecule has 1 aliphatic carbocycles. The molecular weight excluding hydrogens is 386 g/mol. The summed E-state index contributed by atoms with van der Waals surface area (Å²) in [6.07, 6.45) is 0.400. The number of carbonyl (C=O) groups is 1. The Bertz CT molecular complexity index is 642. The molecule has 24 heavy (non-hydrogen) atoms. The van der Waals surface area contributed by atoms with Gasteiger partial charge < -0.3 is 15.2 Å².